The van der Waals surface area contributed by atoms with Gasteiger partial charge in [0.2, 0.25) is 5.91 Å². The molecule has 5 heteroatoms. The number of fused-ring (bicyclic) bond motifs is 1. The van der Waals surface area contributed by atoms with Gasteiger partial charge in [0, 0.05) is 37.3 Å². The van der Waals surface area contributed by atoms with E-state index < -0.39 is 0 Å². The fourth-order valence-corrected chi connectivity index (χ4v) is 4.62. The molecular formula is C20H28N4O. The van der Waals surface area contributed by atoms with Crippen molar-refractivity contribution in [1.29, 1.82) is 0 Å². The number of carbonyl (C=O) groups excluding carboxylic acids is 1. The van der Waals surface area contributed by atoms with Crippen LogP contribution in [-0.2, 0) is 4.79 Å². The molecule has 1 saturated carbocycles. The number of hydrogen-bond acceptors (Lipinski definition) is 3. The Morgan fingerprint density at radius 2 is 1.84 bits per heavy atom. The van der Waals surface area contributed by atoms with E-state index in [4.69, 9.17) is 0 Å². The Balaban J connectivity index is 1.39. The van der Waals surface area contributed by atoms with Crippen LogP contribution in [0.3, 0.4) is 0 Å². The average Bonchev–Trinajstić information content (AvgIpc) is 3.04. The predicted molar refractivity (Wildman–Crippen MR) is 97.5 cm³/mol. The van der Waals surface area contributed by atoms with Crippen molar-refractivity contribution >= 4 is 11.4 Å². The second kappa shape index (κ2) is 7.14. The summed E-state index contributed by atoms with van der Waals surface area (Å²) < 4.78 is 2.22. The van der Waals surface area contributed by atoms with Gasteiger partial charge >= 0.3 is 0 Å². The lowest BCUT2D eigenvalue weighted by molar-refractivity contribution is -0.133. The van der Waals surface area contributed by atoms with Gasteiger partial charge in [0.05, 0.1) is 17.9 Å². The smallest absolute Gasteiger partial charge is 0.222 e. The number of aryl methyl sites for hydroxylation is 1. The fourth-order valence-electron chi connectivity index (χ4n) is 4.62. The molecule has 0 unspecified atom stereocenters. The van der Waals surface area contributed by atoms with E-state index in [0.29, 0.717) is 17.7 Å². The van der Waals surface area contributed by atoms with E-state index in [-0.39, 0.29) is 0 Å². The molecule has 2 aromatic heterocycles. The molecule has 4 rings (SSSR count). The molecule has 2 fully saturated rings. The molecule has 1 aliphatic heterocycles. The van der Waals surface area contributed by atoms with E-state index in [1.54, 1.807) is 0 Å². The van der Waals surface area contributed by atoms with Crippen LogP contribution in [0.15, 0.2) is 18.6 Å². The Morgan fingerprint density at radius 1 is 1.08 bits per heavy atom. The van der Waals surface area contributed by atoms with Crippen LogP contribution in [0, 0.1) is 12.8 Å². The molecule has 1 aliphatic carbocycles. The van der Waals surface area contributed by atoms with Gasteiger partial charge in [0.1, 0.15) is 5.82 Å². The van der Waals surface area contributed by atoms with Crippen LogP contribution in [0.25, 0.3) is 5.52 Å². The molecular weight excluding hydrogens is 312 g/mol. The number of hydrogen-bond donors (Lipinski definition) is 0. The molecule has 1 amide bonds. The largest absolute Gasteiger partial charge is 0.343 e. The highest BCUT2D eigenvalue weighted by molar-refractivity contribution is 5.76. The van der Waals surface area contributed by atoms with Gasteiger partial charge < -0.3 is 4.90 Å². The summed E-state index contributed by atoms with van der Waals surface area (Å²) in [6, 6.07) is 0. The third-order valence-corrected chi connectivity index (χ3v) is 6.09. The second-order valence-electron chi connectivity index (χ2n) is 7.76. The molecule has 0 atom stereocenters. The molecule has 2 aliphatic rings. The highest BCUT2D eigenvalue weighted by atomic mass is 16.2. The van der Waals surface area contributed by atoms with Gasteiger partial charge in [-0.25, -0.2) is 4.98 Å². The zero-order valence-electron chi connectivity index (χ0n) is 15.2. The summed E-state index contributed by atoms with van der Waals surface area (Å²) in [5.74, 6) is 2.48. The molecule has 0 aromatic carbocycles. The standard InChI is InChI=1S/C20H28N4O/c1-15-22-13-18-12-21-14-19(24(15)18)17-7-9-23(10-8-17)20(25)11-16-5-3-2-4-6-16/h12-14,16-17H,2-11H2,1H3. The zero-order valence-corrected chi connectivity index (χ0v) is 15.2. The van der Waals surface area contributed by atoms with Crippen molar-refractivity contribution in [3.8, 4) is 0 Å². The summed E-state index contributed by atoms with van der Waals surface area (Å²) >= 11 is 0. The van der Waals surface area contributed by atoms with Gasteiger partial charge in [0.25, 0.3) is 0 Å². The number of piperidine rings is 1. The molecule has 2 aromatic rings. The summed E-state index contributed by atoms with van der Waals surface area (Å²) in [5.41, 5.74) is 2.30. The lowest BCUT2D eigenvalue weighted by Gasteiger charge is -2.33. The van der Waals surface area contributed by atoms with E-state index in [1.807, 2.05) is 25.5 Å². The van der Waals surface area contributed by atoms with Gasteiger partial charge in [-0.3, -0.25) is 14.2 Å². The number of likely N-dealkylation sites (tertiary alicyclic amines) is 1. The first-order chi connectivity index (χ1) is 12.2. The number of aromatic nitrogens is 3. The lowest BCUT2D eigenvalue weighted by Crippen LogP contribution is -2.39. The maximum atomic E-state index is 12.6. The molecule has 134 valence electrons. The molecule has 0 spiro atoms. The highest BCUT2D eigenvalue weighted by Crippen LogP contribution is 2.31. The number of carbonyl (C=O) groups is 1. The Kier molecular flexibility index (Phi) is 4.73. The summed E-state index contributed by atoms with van der Waals surface area (Å²) in [4.78, 5) is 23.5. The average molecular weight is 340 g/mol. The zero-order chi connectivity index (χ0) is 17.2. The molecule has 5 nitrogen and oxygen atoms in total. The monoisotopic (exact) mass is 340 g/mol. The quantitative estimate of drug-likeness (QED) is 0.856. The Labute approximate surface area is 149 Å². The molecule has 0 bridgehead atoms. The van der Waals surface area contributed by atoms with Crippen molar-refractivity contribution in [1.82, 2.24) is 19.3 Å². The first kappa shape index (κ1) is 16.6. The molecule has 0 N–H and O–H groups in total. The normalized spacial score (nSPS) is 20.3. The van der Waals surface area contributed by atoms with E-state index in [2.05, 4.69) is 19.3 Å². The van der Waals surface area contributed by atoms with Crippen molar-refractivity contribution in [3.63, 3.8) is 0 Å². The van der Waals surface area contributed by atoms with E-state index in [9.17, 15) is 4.79 Å². The van der Waals surface area contributed by atoms with Crippen LogP contribution in [0.4, 0.5) is 0 Å². The van der Waals surface area contributed by atoms with Crippen LogP contribution < -0.4 is 0 Å². The van der Waals surface area contributed by atoms with Crippen LogP contribution >= 0.6 is 0 Å². The van der Waals surface area contributed by atoms with E-state index in [1.165, 1.54) is 37.8 Å². The van der Waals surface area contributed by atoms with Crippen LogP contribution in [0.2, 0.25) is 0 Å². The van der Waals surface area contributed by atoms with Gasteiger partial charge in [0.15, 0.2) is 0 Å². The number of nitrogens with zero attached hydrogens (tertiary/aromatic N) is 4. The van der Waals surface area contributed by atoms with Crippen molar-refractivity contribution in [2.75, 3.05) is 13.1 Å². The van der Waals surface area contributed by atoms with E-state index >= 15 is 0 Å². The van der Waals surface area contributed by atoms with Gasteiger partial charge in [-0.2, -0.15) is 0 Å². The molecule has 25 heavy (non-hydrogen) atoms. The van der Waals surface area contributed by atoms with Crippen LogP contribution in [0.1, 0.15) is 68.8 Å². The Hall–Kier alpha value is -1.91. The van der Waals surface area contributed by atoms with Gasteiger partial charge in [-0.05, 0) is 38.5 Å². The first-order valence-electron chi connectivity index (χ1n) is 9.78. The van der Waals surface area contributed by atoms with Gasteiger partial charge in [-0.15, -0.1) is 0 Å². The minimum absolute atomic E-state index is 0.375. The van der Waals surface area contributed by atoms with E-state index in [0.717, 1.165) is 43.7 Å². The second-order valence-corrected chi connectivity index (χ2v) is 7.76. The fraction of sp³-hybridized carbons (Fsp3) is 0.650. The summed E-state index contributed by atoms with van der Waals surface area (Å²) in [6.07, 6.45) is 15.0. The third-order valence-electron chi connectivity index (χ3n) is 6.09. The van der Waals surface area contributed by atoms with Crippen molar-refractivity contribution in [2.45, 2.75) is 64.2 Å². The third kappa shape index (κ3) is 3.42. The van der Waals surface area contributed by atoms with Crippen LogP contribution in [0.5, 0.6) is 0 Å². The summed E-state index contributed by atoms with van der Waals surface area (Å²) in [6.45, 7) is 3.79. The molecule has 0 radical (unpaired) electrons. The van der Waals surface area contributed by atoms with Crippen molar-refractivity contribution < 1.29 is 4.79 Å². The Bertz CT molecular complexity index is 739. The summed E-state index contributed by atoms with van der Waals surface area (Å²) in [5, 5.41) is 0. The summed E-state index contributed by atoms with van der Waals surface area (Å²) in [7, 11) is 0. The maximum Gasteiger partial charge on any atom is 0.222 e. The van der Waals surface area contributed by atoms with Crippen molar-refractivity contribution in [3.05, 3.63) is 30.1 Å². The highest BCUT2D eigenvalue weighted by Gasteiger charge is 2.27. The van der Waals surface area contributed by atoms with Crippen molar-refractivity contribution in [2.24, 2.45) is 5.92 Å². The lowest BCUT2D eigenvalue weighted by atomic mass is 9.86. The SMILES string of the molecule is Cc1ncc2cncc(C3CCN(C(=O)CC4CCCCC4)CC3)n12. The number of imidazole rings is 1. The Morgan fingerprint density at radius 3 is 2.60 bits per heavy atom. The topological polar surface area (TPSA) is 50.5 Å². The minimum Gasteiger partial charge on any atom is -0.343 e. The molecule has 3 heterocycles. The first-order valence-corrected chi connectivity index (χ1v) is 9.78. The minimum atomic E-state index is 0.375. The predicted octanol–water partition coefficient (Wildman–Crippen LogP) is 3.71. The maximum absolute atomic E-state index is 12.6. The number of amides is 1. The molecule has 1 saturated heterocycles. The number of rotatable bonds is 3. The van der Waals surface area contributed by atoms with Crippen LogP contribution in [-0.4, -0.2) is 38.3 Å². The van der Waals surface area contributed by atoms with Gasteiger partial charge in [-0.1, -0.05) is 19.3 Å².